The van der Waals surface area contributed by atoms with Gasteiger partial charge in [-0.15, -0.1) is 6.58 Å². The number of hydrogen-bond acceptors (Lipinski definition) is 6. The minimum absolute atomic E-state index is 0.0311. The molecule has 0 radical (unpaired) electrons. The Morgan fingerprint density at radius 3 is 2.66 bits per heavy atom. The molecule has 1 saturated heterocycles. The lowest BCUT2D eigenvalue weighted by Crippen LogP contribution is -2.44. The van der Waals surface area contributed by atoms with Gasteiger partial charge >= 0.3 is 0 Å². The van der Waals surface area contributed by atoms with Crippen LogP contribution < -0.4 is 19.5 Å². The Kier molecular flexibility index (Phi) is 6.50. The molecule has 0 aliphatic carbocycles. The standard InChI is InChI=1S/C23H26N2O6S/c1-2-10-25-32(27,28)19-5-3-4-17(13-19)22(26)24-15-23(8-11-29-12-9-23)18-6-7-20-21(14-18)31-16-30-20/h2-7,13-14,25H,1,8-12,15-16H2,(H,24,26). The Morgan fingerprint density at radius 2 is 1.88 bits per heavy atom. The van der Waals surface area contributed by atoms with Crippen molar-refractivity contribution in [3.05, 3.63) is 66.2 Å². The highest BCUT2D eigenvalue weighted by molar-refractivity contribution is 7.89. The summed E-state index contributed by atoms with van der Waals surface area (Å²) < 4.78 is 43.7. The van der Waals surface area contributed by atoms with E-state index in [1.54, 1.807) is 12.1 Å². The van der Waals surface area contributed by atoms with Crippen molar-refractivity contribution in [3.63, 3.8) is 0 Å². The number of ether oxygens (including phenoxy) is 3. The van der Waals surface area contributed by atoms with E-state index in [9.17, 15) is 13.2 Å². The molecule has 0 saturated carbocycles. The Balaban J connectivity index is 1.52. The number of carbonyl (C=O) groups is 1. The summed E-state index contributed by atoms with van der Waals surface area (Å²) in [7, 11) is -3.72. The number of nitrogens with one attached hydrogen (secondary N) is 2. The molecule has 2 aliphatic rings. The van der Waals surface area contributed by atoms with Crippen molar-refractivity contribution in [1.29, 1.82) is 0 Å². The number of amides is 1. The normalized spacial score (nSPS) is 17.0. The molecule has 2 N–H and O–H groups in total. The summed E-state index contributed by atoms with van der Waals surface area (Å²) >= 11 is 0. The van der Waals surface area contributed by atoms with Crippen molar-refractivity contribution in [1.82, 2.24) is 10.0 Å². The Bertz CT molecular complexity index is 1110. The number of hydrogen-bond donors (Lipinski definition) is 2. The minimum Gasteiger partial charge on any atom is -0.454 e. The van der Waals surface area contributed by atoms with Gasteiger partial charge in [-0.25, -0.2) is 13.1 Å². The summed E-state index contributed by atoms with van der Waals surface area (Å²) in [5.41, 5.74) is 1.01. The summed E-state index contributed by atoms with van der Waals surface area (Å²) in [6.45, 7) is 5.39. The van der Waals surface area contributed by atoms with Gasteiger partial charge in [0.25, 0.3) is 5.91 Å². The second-order valence-corrected chi connectivity index (χ2v) is 9.58. The summed E-state index contributed by atoms with van der Waals surface area (Å²) in [5, 5.41) is 3.00. The first-order valence-electron chi connectivity index (χ1n) is 10.4. The first-order chi connectivity index (χ1) is 15.4. The lowest BCUT2D eigenvalue weighted by Gasteiger charge is -2.38. The maximum atomic E-state index is 12.9. The van der Waals surface area contributed by atoms with Gasteiger partial charge in [0.2, 0.25) is 16.8 Å². The fourth-order valence-electron chi connectivity index (χ4n) is 3.96. The molecule has 2 aliphatic heterocycles. The SMILES string of the molecule is C=CCNS(=O)(=O)c1cccc(C(=O)NCC2(c3ccc4c(c3)OCO4)CCOCC2)c1. The van der Waals surface area contributed by atoms with E-state index in [1.807, 2.05) is 18.2 Å². The van der Waals surface area contributed by atoms with Crippen LogP contribution in [-0.2, 0) is 20.2 Å². The molecule has 2 aromatic rings. The van der Waals surface area contributed by atoms with Gasteiger partial charge in [0.1, 0.15) is 0 Å². The van der Waals surface area contributed by atoms with Gasteiger partial charge in [-0.1, -0.05) is 18.2 Å². The van der Waals surface area contributed by atoms with Gasteiger partial charge in [-0.3, -0.25) is 4.79 Å². The third kappa shape index (κ3) is 4.64. The maximum Gasteiger partial charge on any atom is 0.251 e. The highest BCUT2D eigenvalue weighted by Crippen LogP contribution is 2.40. The largest absolute Gasteiger partial charge is 0.454 e. The molecule has 0 unspecified atom stereocenters. The molecule has 0 aromatic heterocycles. The second kappa shape index (κ2) is 9.32. The van der Waals surface area contributed by atoms with Gasteiger partial charge in [0.15, 0.2) is 11.5 Å². The molecule has 2 aromatic carbocycles. The van der Waals surface area contributed by atoms with Crippen molar-refractivity contribution in [3.8, 4) is 11.5 Å². The number of carbonyl (C=O) groups excluding carboxylic acids is 1. The van der Waals surface area contributed by atoms with Crippen LogP contribution in [-0.4, -0.2) is 47.4 Å². The lowest BCUT2D eigenvalue weighted by molar-refractivity contribution is 0.0486. The lowest BCUT2D eigenvalue weighted by atomic mass is 9.74. The molecule has 9 heteroatoms. The van der Waals surface area contributed by atoms with E-state index in [-0.39, 0.29) is 35.1 Å². The Morgan fingerprint density at radius 1 is 1.09 bits per heavy atom. The molecular formula is C23H26N2O6S. The molecule has 1 fully saturated rings. The smallest absolute Gasteiger partial charge is 0.251 e. The third-order valence-electron chi connectivity index (χ3n) is 5.85. The molecule has 170 valence electrons. The highest BCUT2D eigenvalue weighted by Gasteiger charge is 2.36. The molecule has 8 nitrogen and oxygen atoms in total. The van der Waals surface area contributed by atoms with E-state index < -0.39 is 10.0 Å². The summed E-state index contributed by atoms with van der Waals surface area (Å²) in [4.78, 5) is 13.0. The summed E-state index contributed by atoms with van der Waals surface area (Å²) in [6.07, 6.45) is 2.94. The fraction of sp³-hybridized carbons (Fsp3) is 0.348. The highest BCUT2D eigenvalue weighted by atomic mass is 32.2. The zero-order chi connectivity index (χ0) is 22.6. The predicted molar refractivity (Wildman–Crippen MR) is 118 cm³/mol. The topological polar surface area (TPSA) is 103 Å². The van der Waals surface area contributed by atoms with Gasteiger partial charge in [0.05, 0.1) is 4.90 Å². The van der Waals surface area contributed by atoms with Gasteiger partial charge in [0, 0.05) is 37.3 Å². The van der Waals surface area contributed by atoms with Gasteiger partial charge in [-0.2, -0.15) is 0 Å². The maximum absolute atomic E-state index is 12.9. The van der Waals surface area contributed by atoms with Crippen LogP contribution in [0.3, 0.4) is 0 Å². The molecule has 0 atom stereocenters. The first kappa shape index (κ1) is 22.3. The van der Waals surface area contributed by atoms with E-state index in [2.05, 4.69) is 16.6 Å². The van der Waals surface area contributed by atoms with Crippen molar-refractivity contribution < 1.29 is 27.4 Å². The molecule has 2 heterocycles. The zero-order valence-corrected chi connectivity index (χ0v) is 18.4. The van der Waals surface area contributed by atoms with Crippen LogP contribution in [0.1, 0.15) is 28.8 Å². The van der Waals surface area contributed by atoms with Crippen LogP contribution >= 0.6 is 0 Å². The predicted octanol–water partition coefficient (Wildman–Crippen LogP) is 2.36. The molecule has 0 bridgehead atoms. The average Bonchev–Trinajstić information content (AvgIpc) is 3.30. The molecular weight excluding hydrogens is 432 g/mol. The zero-order valence-electron chi connectivity index (χ0n) is 17.6. The molecule has 0 spiro atoms. The van der Waals surface area contributed by atoms with E-state index in [4.69, 9.17) is 14.2 Å². The van der Waals surface area contributed by atoms with Gasteiger partial charge < -0.3 is 19.5 Å². The average molecular weight is 459 g/mol. The third-order valence-corrected chi connectivity index (χ3v) is 7.27. The van der Waals surface area contributed by atoms with Crippen molar-refractivity contribution in [2.45, 2.75) is 23.2 Å². The first-order valence-corrected chi connectivity index (χ1v) is 11.9. The second-order valence-electron chi connectivity index (χ2n) is 7.81. The summed E-state index contributed by atoms with van der Waals surface area (Å²) in [5.74, 6) is 1.07. The van der Waals surface area contributed by atoms with Crippen molar-refractivity contribution >= 4 is 15.9 Å². The minimum atomic E-state index is -3.72. The Hall–Kier alpha value is -2.88. The fourth-order valence-corrected chi connectivity index (χ4v) is 5.01. The quantitative estimate of drug-likeness (QED) is 0.589. The van der Waals surface area contributed by atoms with Crippen LogP contribution in [0.15, 0.2) is 60.0 Å². The van der Waals surface area contributed by atoms with Crippen LogP contribution in [0.4, 0.5) is 0 Å². The van der Waals surface area contributed by atoms with Gasteiger partial charge in [-0.05, 0) is 48.7 Å². The van der Waals surface area contributed by atoms with Crippen molar-refractivity contribution in [2.75, 3.05) is 33.1 Å². The number of benzene rings is 2. The van der Waals surface area contributed by atoms with Crippen LogP contribution in [0.25, 0.3) is 0 Å². The van der Waals surface area contributed by atoms with Crippen LogP contribution in [0, 0.1) is 0 Å². The number of rotatable bonds is 8. The van der Waals surface area contributed by atoms with E-state index in [0.29, 0.717) is 31.3 Å². The van der Waals surface area contributed by atoms with Crippen molar-refractivity contribution in [2.24, 2.45) is 0 Å². The van der Waals surface area contributed by atoms with E-state index >= 15 is 0 Å². The molecule has 4 rings (SSSR count). The van der Waals surface area contributed by atoms with E-state index in [1.165, 1.54) is 18.2 Å². The monoisotopic (exact) mass is 458 g/mol. The molecule has 32 heavy (non-hydrogen) atoms. The Labute approximate surface area is 187 Å². The van der Waals surface area contributed by atoms with E-state index in [0.717, 1.165) is 18.4 Å². The summed E-state index contributed by atoms with van der Waals surface area (Å²) in [6, 6.07) is 11.8. The number of fused-ring (bicyclic) bond motifs is 1. The van der Waals surface area contributed by atoms with Crippen LogP contribution in [0.5, 0.6) is 11.5 Å². The number of sulfonamides is 1. The molecule has 1 amide bonds. The van der Waals surface area contributed by atoms with Crippen LogP contribution in [0.2, 0.25) is 0 Å².